The Hall–Kier alpha value is -2.79. The van der Waals surface area contributed by atoms with Gasteiger partial charge in [-0.05, 0) is 61.4 Å². The van der Waals surface area contributed by atoms with Crippen LogP contribution in [-0.2, 0) is 21.2 Å². The van der Waals surface area contributed by atoms with Gasteiger partial charge in [-0.3, -0.25) is 4.79 Å². The van der Waals surface area contributed by atoms with Crippen molar-refractivity contribution < 1.29 is 36.2 Å². The minimum Gasteiger partial charge on any atom is -0.481 e. The normalized spacial score (nSPS) is 17.9. The maximum absolute atomic E-state index is 13.1. The van der Waals surface area contributed by atoms with E-state index in [1.165, 1.54) is 40.7 Å². The van der Waals surface area contributed by atoms with E-state index in [9.17, 15) is 26.4 Å². The molecule has 0 amide bonds. The summed E-state index contributed by atoms with van der Waals surface area (Å²) >= 11 is 0. The molecule has 174 valence electrons. The smallest absolute Gasteiger partial charge is 0.481 e. The van der Waals surface area contributed by atoms with Gasteiger partial charge in [0.2, 0.25) is 10.0 Å². The third-order valence-electron chi connectivity index (χ3n) is 5.29. The first kappa shape index (κ1) is 23.9. The highest BCUT2D eigenvalue weighted by atomic mass is 32.2. The van der Waals surface area contributed by atoms with Crippen LogP contribution in [-0.4, -0.2) is 55.8 Å². The Bertz CT molecular complexity index is 1090. The van der Waals surface area contributed by atoms with Crippen LogP contribution >= 0.6 is 0 Å². The molecule has 0 aliphatic carbocycles. The number of ether oxygens (including phenoxy) is 1. The van der Waals surface area contributed by atoms with Crippen LogP contribution in [0.4, 0.5) is 18.9 Å². The summed E-state index contributed by atoms with van der Waals surface area (Å²) in [4.78, 5) is 13.0. The van der Waals surface area contributed by atoms with E-state index in [2.05, 4.69) is 4.74 Å². The predicted octanol–water partition coefficient (Wildman–Crippen LogP) is 3.42. The Morgan fingerprint density at radius 2 is 1.81 bits per heavy atom. The molecule has 0 aromatic heterocycles. The lowest BCUT2D eigenvalue weighted by Crippen LogP contribution is -2.53. The zero-order chi connectivity index (χ0) is 23.7. The number of alkyl halides is 3. The van der Waals surface area contributed by atoms with Gasteiger partial charge in [0.1, 0.15) is 5.75 Å². The Balaban J connectivity index is 1.74. The number of piperazine rings is 1. The maximum atomic E-state index is 13.1. The highest BCUT2D eigenvalue weighted by Gasteiger charge is 2.33. The van der Waals surface area contributed by atoms with Crippen molar-refractivity contribution in [3.63, 3.8) is 0 Å². The molecule has 0 bridgehead atoms. The highest BCUT2D eigenvalue weighted by Crippen LogP contribution is 2.29. The molecule has 0 radical (unpaired) electrons. The molecular formula is C21H23F3N2O5S. The van der Waals surface area contributed by atoms with Crippen molar-refractivity contribution in [3.8, 4) is 5.75 Å². The van der Waals surface area contributed by atoms with Crippen molar-refractivity contribution in [1.82, 2.24) is 4.31 Å². The standard InChI is InChI=1S/C21H23F3N2O5S/c1-14-3-8-19(11-16(14)12-20(27)28)32(29,30)25-9-10-26(15(2)13-25)17-4-6-18(7-5-17)31-21(22,23)24/h3-8,11,15H,9-10,12-13H2,1-2H3,(H,27,28)/t15-/m1/s1. The molecule has 2 aromatic rings. The van der Waals surface area contributed by atoms with Crippen molar-refractivity contribution in [3.05, 3.63) is 53.6 Å². The second kappa shape index (κ2) is 8.99. The largest absolute Gasteiger partial charge is 0.573 e. The van der Waals surface area contributed by atoms with Crippen LogP contribution in [0.5, 0.6) is 5.75 Å². The van der Waals surface area contributed by atoms with E-state index in [4.69, 9.17) is 5.11 Å². The maximum Gasteiger partial charge on any atom is 0.573 e. The summed E-state index contributed by atoms with van der Waals surface area (Å²) in [6, 6.07) is 9.65. The molecule has 32 heavy (non-hydrogen) atoms. The van der Waals surface area contributed by atoms with Gasteiger partial charge in [-0.25, -0.2) is 8.42 Å². The van der Waals surface area contributed by atoms with Gasteiger partial charge in [0.05, 0.1) is 11.3 Å². The number of hydrogen-bond donors (Lipinski definition) is 1. The monoisotopic (exact) mass is 472 g/mol. The van der Waals surface area contributed by atoms with Crippen LogP contribution in [0.3, 0.4) is 0 Å². The van der Waals surface area contributed by atoms with Gasteiger partial charge in [-0.1, -0.05) is 6.07 Å². The molecule has 1 fully saturated rings. The van der Waals surface area contributed by atoms with Crippen LogP contribution in [0.1, 0.15) is 18.1 Å². The summed E-state index contributed by atoms with van der Waals surface area (Å²) in [7, 11) is -3.83. The number of aryl methyl sites for hydroxylation is 1. The fourth-order valence-corrected chi connectivity index (χ4v) is 5.24. The third kappa shape index (κ3) is 5.52. The number of hydrogen-bond acceptors (Lipinski definition) is 5. The molecule has 1 N–H and O–H groups in total. The zero-order valence-corrected chi connectivity index (χ0v) is 18.3. The number of carbonyl (C=O) groups is 1. The molecule has 1 atom stereocenters. The molecule has 0 saturated carbocycles. The minimum absolute atomic E-state index is 0.0358. The van der Waals surface area contributed by atoms with Gasteiger partial charge >= 0.3 is 12.3 Å². The van der Waals surface area contributed by atoms with Crippen molar-refractivity contribution in [2.45, 2.75) is 37.6 Å². The second-order valence-corrected chi connectivity index (χ2v) is 9.54. The van der Waals surface area contributed by atoms with Crippen molar-refractivity contribution in [2.24, 2.45) is 0 Å². The molecule has 11 heteroatoms. The summed E-state index contributed by atoms with van der Waals surface area (Å²) < 4.78 is 68.5. The van der Waals surface area contributed by atoms with Crippen LogP contribution in [0.15, 0.2) is 47.4 Å². The Kier molecular flexibility index (Phi) is 6.70. The fourth-order valence-electron chi connectivity index (χ4n) is 3.68. The SMILES string of the molecule is Cc1ccc(S(=O)(=O)N2CCN(c3ccc(OC(F)(F)F)cc3)[C@H](C)C2)cc1CC(=O)O. The number of halogens is 3. The summed E-state index contributed by atoms with van der Waals surface area (Å²) in [6.45, 7) is 4.24. The van der Waals surface area contributed by atoms with Crippen LogP contribution in [0.2, 0.25) is 0 Å². The van der Waals surface area contributed by atoms with Gasteiger partial charge in [-0.15, -0.1) is 13.2 Å². The van der Waals surface area contributed by atoms with Crippen LogP contribution < -0.4 is 9.64 Å². The molecule has 1 saturated heterocycles. The fraction of sp³-hybridized carbons (Fsp3) is 0.381. The molecular weight excluding hydrogens is 449 g/mol. The minimum atomic E-state index is -4.77. The van der Waals surface area contributed by atoms with Gasteiger partial charge in [0.15, 0.2) is 0 Å². The first-order valence-corrected chi connectivity index (χ1v) is 11.2. The molecule has 0 unspecified atom stereocenters. The zero-order valence-electron chi connectivity index (χ0n) is 17.5. The van der Waals surface area contributed by atoms with E-state index in [1.807, 2.05) is 11.8 Å². The van der Waals surface area contributed by atoms with Crippen molar-refractivity contribution in [1.29, 1.82) is 0 Å². The first-order chi connectivity index (χ1) is 14.9. The van der Waals surface area contributed by atoms with Crippen LogP contribution in [0.25, 0.3) is 0 Å². The number of anilines is 1. The molecule has 1 aliphatic heterocycles. The topological polar surface area (TPSA) is 87.2 Å². The number of sulfonamides is 1. The number of nitrogens with zero attached hydrogens (tertiary/aromatic N) is 2. The quantitative estimate of drug-likeness (QED) is 0.693. The Labute approximate surface area is 184 Å². The lowest BCUT2D eigenvalue weighted by atomic mass is 10.1. The average molecular weight is 472 g/mol. The predicted molar refractivity (Wildman–Crippen MR) is 111 cm³/mol. The van der Waals surface area contributed by atoms with E-state index in [1.54, 1.807) is 13.0 Å². The summed E-state index contributed by atoms with van der Waals surface area (Å²) in [5, 5.41) is 9.05. The number of benzene rings is 2. The van der Waals surface area contributed by atoms with E-state index >= 15 is 0 Å². The lowest BCUT2D eigenvalue weighted by molar-refractivity contribution is -0.274. The summed E-state index contributed by atoms with van der Waals surface area (Å²) in [5.74, 6) is -1.37. The number of carboxylic acids is 1. The average Bonchev–Trinajstić information content (AvgIpc) is 2.68. The van der Waals surface area contributed by atoms with E-state index in [0.717, 1.165) is 0 Å². The summed E-state index contributed by atoms with van der Waals surface area (Å²) in [5.41, 5.74) is 1.79. The highest BCUT2D eigenvalue weighted by molar-refractivity contribution is 7.89. The Morgan fingerprint density at radius 3 is 2.38 bits per heavy atom. The van der Waals surface area contributed by atoms with Crippen LogP contribution in [0, 0.1) is 6.92 Å². The van der Waals surface area contributed by atoms with Gasteiger partial charge in [0, 0.05) is 31.4 Å². The number of carboxylic acid groups (broad SMARTS) is 1. The second-order valence-electron chi connectivity index (χ2n) is 7.61. The van der Waals surface area contributed by atoms with E-state index in [0.29, 0.717) is 23.4 Å². The van der Waals surface area contributed by atoms with Gasteiger partial charge in [-0.2, -0.15) is 4.31 Å². The first-order valence-electron chi connectivity index (χ1n) is 9.81. The molecule has 1 aliphatic rings. The molecule has 1 heterocycles. The third-order valence-corrected chi connectivity index (χ3v) is 7.15. The van der Waals surface area contributed by atoms with Crippen molar-refractivity contribution in [2.75, 3.05) is 24.5 Å². The molecule has 0 spiro atoms. The lowest BCUT2D eigenvalue weighted by Gasteiger charge is -2.40. The number of aliphatic carboxylic acids is 1. The number of rotatable bonds is 6. The Morgan fingerprint density at radius 1 is 1.16 bits per heavy atom. The van der Waals surface area contributed by atoms with Gasteiger partial charge < -0.3 is 14.7 Å². The summed E-state index contributed by atoms with van der Waals surface area (Å²) in [6.07, 6.45) is -5.04. The molecule has 2 aromatic carbocycles. The van der Waals surface area contributed by atoms with Gasteiger partial charge in [0.25, 0.3) is 0 Å². The van der Waals surface area contributed by atoms with Crippen molar-refractivity contribution >= 4 is 21.7 Å². The molecule has 3 rings (SSSR count). The van der Waals surface area contributed by atoms with E-state index < -0.39 is 22.4 Å². The molecule has 7 nitrogen and oxygen atoms in total. The van der Waals surface area contributed by atoms with E-state index in [-0.39, 0.29) is 36.2 Å².